The summed E-state index contributed by atoms with van der Waals surface area (Å²) >= 11 is 0. The van der Waals surface area contributed by atoms with Crippen LogP contribution in [0.4, 0.5) is 21.5 Å². The van der Waals surface area contributed by atoms with Crippen LogP contribution >= 0.6 is 0 Å². The van der Waals surface area contributed by atoms with Crippen molar-refractivity contribution in [3.8, 4) is 0 Å². The highest BCUT2D eigenvalue weighted by Gasteiger charge is 2.30. The highest BCUT2D eigenvalue weighted by molar-refractivity contribution is 6.12. The zero-order valence-electron chi connectivity index (χ0n) is 13.3. The van der Waals surface area contributed by atoms with Gasteiger partial charge < -0.3 is 16.4 Å². The number of pyridine rings is 1. The van der Waals surface area contributed by atoms with Crippen molar-refractivity contribution in [2.45, 2.75) is 6.17 Å². The minimum absolute atomic E-state index is 0.361. The van der Waals surface area contributed by atoms with Crippen LogP contribution in [0.5, 0.6) is 0 Å². The monoisotopic (exact) mass is 333 g/mol. The predicted octanol–water partition coefficient (Wildman–Crippen LogP) is 3.36. The van der Waals surface area contributed by atoms with E-state index in [0.717, 1.165) is 11.3 Å². The lowest BCUT2D eigenvalue weighted by Gasteiger charge is -2.36. The van der Waals surface area contributed by atoms with Crippen molar-refractivity contribution >= 4 is 22.9 Å². The van der Waals surface area contributed by atoms with Crippen molar-refractivity contribution in [3.63, 3.8) is 0 Å². The molecule has 124 valence electrons. The molecule has 0 aliphatic carbocycles. The minimum Gasteiger partial charge on any atom is -0.399 e. The van der Waals surface area contributed by atoms with E-state index in [-0.39, 0.29) is 5.82 Å². The summed E-state index contributed by atoms with van der Waals surface area (Å²) in [6, 6.07) is 15.5. The number of nitrogens with zero attached hydrogens (tertiary/aromatic N) is 3. The highest BCUT2D eigenvalue weighted by Crippen LogP contribution is 2.37. The summed E-state index contributed by atoms with van der Waals surface area (Å²) in [7, 11) is 0. The number of aliphatic imine (C=N–C) groups is 1. The third kappa shape index (κ3) is 2.62. The molecular formula is C19H16FN5. The molecule has 25 heavy (non-hydrogen) atoms. The molecule has 0 amide bonds. The summed E-state index contributed by atoms with van der Waals surface area (Å²) in [5.74, 6) is 0.0785. The average Bonchev–Trinajstić information content (AvgIpc) is 2.62. The van der Waals surface area contributed by atoms with E-state index in [1.807, 2.05) is 18.2 Å². The molecule has 2 aromatic carbocycles. The highest BCUT2D eigenvalue weighted by atomic mass is 19.1. The first-order valence-electron chi connectivity index (χ1n) is 7.83. The molecule has 0 fully saturated rings. The first-order chi connectivity index (χ1) is 12.1. The second kappa shape index (κ2) is 5.99. The Hall–Kier alpha value is -3.25. The van der Waals surface area contributed by atoms with Crippen LogP contribution in [0.25, 0.3) is 0 Å². The van der Waals surface area contributed by atoms with Gasteiger partial charge in [-0.05, 0) is 36.4 Å². The lowest BCUT2D eigenvalue weighted by atomic mass is 10.0. The molecule has 1 atom stereocenters. The Kier molecular flexibility index (Phi) is 3.66. The van der Waals surface area contributed by atoms with Crippen LogP contribution in [0.3, 0.4) is 0 Å². The molecule has 2 heterocycles. The summed E-state index contributed by atoms with van der Waals surface area (Å²) in [5.41, 5.74) is 15.6. The summed E-state index contributed by atoms with van der Waals surface area (Å²) in [4.78, 5) is 10.5. The van der Waals surface area contributed by atoms with E-state index in [1.165, 1.54) is 6.07 Å². The maximum atomic E-state index is 14.5. The van der Waals surface area contributed by atoms with Crippen molar-refractivity contribution in [2.24, 2.45) is 10.7 Å². The van der Waals surface area contributed by atoms with E-state index in [4.69, 9.17) is 11.5 Å². The number of hydrogen-bond acceptors (Lipinski definition) is 5. The zero-order chi connectivity index (χ0) is 17.4. The number of halogens is 1. The van der Waals surface area contributed by atoms with Gasteiger partial charge in [-0.25, -0.2) is 9.38 Å². The lowest BCUT2D eigenvalue weighted by Crippen LogP contribution is -2.42. The molecule has 0 saturated carbocycles. The molecule has 1 aromatic heterocycles. The third-order valence-electron chi connectivity index (χ3n) is 4.16. The molecule has 1 aliphatic rings. The molecule has 0 saturated heterocycles. The van der Waals surface area contributed by atoms with Gasteiger partial charge in [-0.2, -0.15) is 0 Å². The fraction of sp³-hybridized carbons (Fsp3) is 0.0526. The molecule has 4 N–H and O–H groups in total. The molecule has 0 radical (unpaired) electrons. The number of benzene rings is 2. The molecule has 0 bridgehead atoms. The molecule has 0 spiro atoms. The standard InChI is InChI=1S/C19H16FN5/c20-16-4-2-1-3-14(16)19-24-17-11-12(21)5-6-15(17)18(22)25(19)13-7-9-23-10-8-13/h1-11,18H,21-22H2. The van der Waals surface area contributed by atoms with Crippen LogP contribution in [-0.2, 0) is 0 Å². The lowest BCUT2D eigenvalue weighted by molar-refractivity contribution is 0.623. The number of nitrogens with two attached hydrogens (primary N) is 2. The van der Waals surface area contributed by atoms with Gasteiger partial charge in [0.2, 0.25) is 0 Å². The molecule has 3 aromatic rings. The molecule has 1 unspecified atom stereocenters. The van der Waals surface area contributed by atoms with Crippen LogP contribution < -0.4 is 16.4 Å². The third-order valence-corrected chi connectivity index (χ3v) is 4.16. The summed E-state index contributed by atoms with van der Waals surface area (Å²) in [6.07, 6.45) is 2.81. The number of aromatic nitrogens is 1. The van der Waals surface area contributed by atoms with Gasteiger partial charge in [0.25, 0.3) is 0 Å². The fourth-order valence-corrected chi connectivity index (χ4v) is 2.97. The number of hydrogen-bond donors (Lipinski definition) is 2. The Morgan fingerprint density at radius 2 is 1.76 bits per heavy atom. The summed E-state index contributed by atoms with van der Waals surface area (Å²) < 4.78 is 14.5. The van der Waals surface area contributed by atoms with Crippen LogP contribution in [0.1, 0.15) is 17.3 Å². The van der Waals surface area contributed by atoms with Crippen LogP contribution in [0.2, 0.25) is 0 Å². The van der Waals surface area contributed by atoms with Gasteiger partial charge in [-0.3, -0.25) is 4.98 Å². The van der Waals surface area contributed by atoms with Gasteiger partial charge >= 0.3 is 0 Å². The Balaban J connectivity index is 1.96. The van der Waals surface area contributed by atoms with E-state index in [1.54, 1.807) is 47.6 Å². The van der Waals surface area contributed by atoms with Crippen LogP contribution in [0, 0.1) is 5.82 Å². The smallest absolute Gasteiger partial charge is 0.145 e. The maximum absolute atomic E-state index is 14.5. The van der Waals surface area contributed by atoms with E-state index in [2.05, 4.69) is 9.98 Å². The molecule has 5 nitrogen and oxygen atoms in total. The first-order valence-corrected chi connectivity index (χ1v) is 7.83. The van der Waals surface area contributed by atoms with Crippen molar-refractivity contribution in [3.05, 3.63) is 83.9 Å². The normalized spacial score (nSPS) is 16.3. The summed E-state index contributed by atoms with van der Waals surface area (Å²) in [6.45, 7) is 0. The van der Waals surface area contributed by atoms with Gasteiger partial charge in [0.1, 0.15) is 17.8 Å². The van der Waals surface area contributed by atoms with Crippen LogP contribution in [-0.4, -0.2) is 10.8 Å². The fourth-order valence-electron chi connectivity index (χ4n) is 2.97. The Bertz CT molecular complexity index is 955. The van der Waals surface area contributed by atoms with Crippen molar-refractivity contribution < 1.29 is 4.39 Å². The number of amidine groups is 1. The predicted molar refractivity (Wildman–Crippen MR) is 97.1 cm³/mol. The average molecular weight is 333 g/mol. The van der Waals surface area contributed by atoms with Crippen molar-refractivity contribution in [1.29, 1.82) is 0 Å². The van der Waals surface area contributed by atoms with Gasteiger partial charge in [-0.15, -0.1) is 0 Å². The number of nitrogen functional groups attached to an aromatic ring is 1. The van der Waals surface area contributed by atoms with Crippen LogP contribution in [0.15, 0.2) is 72.0 Å². The van der Waals surface area contributed by atoms with E-state index < -0.39 is 6.17 Å². The van der Waals surface area contributed by atoms with Gasteiger partial charge in [-0.1, -0.05) is 18.2 Å². The SMILES string of the molecule is Nc1ccc2c(c1)N=C(c1ccccc1F)N(c1ccncc1)C2N. The Morgan fingerprint density at radius 3 is 2.52 bits per heavy atom. The van der Waals surface area contributed by atoms with E-state index in [0.29, 0.717) is 22.8 Å². The Labute approximate surface area is 144 Å². The number of fused-ring (bicyclic) bond motifs is 1. The second-order valence-electron chi connectivity index (χ2n) is 5.75. The summed E-state index contributed by atoms with van der Waals surface area (Å²) in [5, 5.41) is 0. The van der Waals surface area contributed by atoms with Gasteiger partial charge in [0, 0.05) is 29.3 Å². The molecule has 4 rings (SSSR count). The molecule has 6 heteroatoms. The maximum Gasteiger partial charge on any atom is 0.145 e. The molecule has 1 aliphatic heterocycles. The van der Waals surface area contributed by atoms with E-state index >= 15 is 0 Å². The first kappa shape index (κ1) is 15.3. The van der Waals surface area contributed by atoms with Crippen molar-refractivity contribution in [2.75, 3.05) is 10.6 Å². The largest absolute Gasteiger partial charge is 0.399 e. The van der Waals surface area contributed by atoms with Crippen molar-refractivity contribution in [1.82, 2.24) is 4.98 Å². The Morgan fingerprint density at radius 1 is 1.00 bits per heavy atom. The minimum atomic E-state index is -0.523. The quantitative estimate of drug-likeness (QED) is 0.705. The number of anilines is 2. The topological polar surface area (TPSA) is 80.5 Å². The van der Waals surface area contributed by atoms with Gasteiger partial charge in [0.15, 0.2) is 0 Å². The molecular weight excluding hydrogens is 317 g/mol. The zero-order valence-corrected chi connectivity index (χ0v) is 13.3. The van der Waals surface area contributed by atoms with Gasteiger partial charge in [0.05, 0.1) is 11.3 Å². The van der Waals surface area contributed by atoms with E-state index in [9.17, 15) is 4.39 Å². The number of rotatable bonds is 2. The second-order valence-corrected chi connectivity index (χ2v) is 5.75.